The Labute approximate surface area is 123 Å². The summed E-state index contributed by atoms with van der Waals surface area (Å²) < 4.78 is 11.3. The molecule has 0 amide bonds. The van der Waals surface area contributed by atoms with Crippen molar-refractivity contribution in [3.8, 4) is 23.8 Å². The number of hydrogen-bond acceptors (Lipinski definition) is 2. The Morgan fingerprint density at radius 1 is 1.00 bits per heavy atom. The van der Waals surface area contributed by atoms with Crippen LogP contribution in [0.5, 0.6) is 11.5 Å². The topological polar surface area (TPSA) is 18.5 Å². The highest BCUT2D eigenvalue weighted by molar-refractivity contribution is 5.53. The molecule has 0 bridgehead atoms. The molecule has 0 aliphatic carbocycles. The van der Waals surface area contributed by atoms with E-state index in [2.05, 4.69) is 47.5 Å². The minimum Gasteiger partial charge on any atom is -0.497 e. The fourth-order valence-electron chi connectivity index (χ4n) is 2.10. The van der Waals surface area contributed by atoms with Crippen molar-refractivity contribution in [1.29, 1.82) is 0 Å². The minimum absolute atomic E-state index is 0.0432. The molecule has 0 fully saturated rings. The summed E-state index contributed by atoms with van der Waals surface area (Å²) >= 11 is 0. The number of benzene rings is 1. The summed E-state index contributed by atoms with van der Waals surface area (Å²) in [5, 5.41) is 0. The number of terminal acetylenes is 1. The molecule has 0 aromatic heterocycles. The van der Waals surface area contributed by atoms with Crippen molar-refractivity contribution in [2.75, 3.05) is 13.7 Å². The maximum absolute atomic E-state index is 5.88. The summed E-state index contributed by atoms with van der Waals surface area (Å²) in [7, 11) is 1.69. The van der Waals surface area contributed by atoms with Crippen LogP contribution in [0.3, 0.4) is 0 Å². The monoisotopic (exact) mass is 274 g/mol. The highest BCUT2D eigenvalue weighted by Gasteiger charge is 2.28. The fraction of sp³-hybridized carbons (Fsp3) is 0.556. The first-order chi connectivity index (χ1) is 9.11. The van der Waals surface area contributed by atoms with Crippen LogP contribution in [0.15, 0.2) is 12.1 Å². The summed E-state index contributed by atoms with van der Waals surface area (Å²) in [6.07, 6.45) is 5.35. The summed E-state index contributed by atoms with van der Waals surface area (Å²) in [6.45, 7) is 13.3. The molecule has 1 aromatic rings. The van der Waals surface area contributed by atoms with E-state index in [1.165, 1.54) is 0 Å². The van der Waals surface area contributed by atoms with Crippen molar-refractivity contribution in [2.45, 2.75) is 52.4 Å². The van der Waals surface area contributed by atoms with Crippen LogP contribution in [0, 0.1) is 12.3 Å². The lowest BCUT2D eigenvalue weighted by Crippen LogP contribution is -2.20. The molecule has 0 aliphatic heterocycles. The number of hydrogen-bond donors (Lipinski definition) is 0. The first-order valence-corrected chi connectivity index (χ1v) is 6.90. The molecule has 0 saturated carbocycles. The van der Waals surface area contributed by atoms with Crippen molar-refractivity contribution < 1.29 is 9.47 Å². The average Bonchev–Trinajstić information content (AvgIpc) is 2.33. The van der Waals surface area contributed by atoms with Crippen LogP contribution < -0.4 is 9.47 Å². The van der Waals surface area contributed by atoms with Gasteiger partial charge in [0.05, 0.1) is 7.11 Å². The lowest BCUT2D eigenvalue weighted by Gasteiger charge is -2.30. The van der Waals surface area contributed by atoms with Gasteiger partial charge in [0.25, 0.3) is 0 Å². The number of ether oxygens (including phenoxy) is 2. The van der Waals surface area contributed by atoms with E-state index in [9.17, 15) is 0 Å². The first kappa shape index (κ1) is 16.4. The zero-order valence-corrected chi connectivity index (χ0v) is 13.8. The third kappa shape index (κ3) is 3.70. The van der Waals surface area contributed by atoms with Gasteiger partial charge in [-0.05, 0) is 23.0 Å². The van der Waals surface area contributed by atoms with E-state index in [4.69, 9.17) is 15.9 Å². The Morgan fingerprint density at radius 3 is 1.75 bits per heavy atom. The second-order valence-corrected chi connectivity index (χ2v) is 7.04. The van der Waals surface area contributed by atoms with Gasteiger partial charge >= 0.3 is 0 Å². The summed E-state index contributed by atoms with van der Waals surface area (Å²) in [4.78, 5) is 0. The molecule has 0 radical (unpaired) electrons. The Kier molecular flexibility index (Phi) is 4.76. The van der Waals surface area contributed by atoms with E-state index in [1.54, 1.807) is 7.11 Å². The van der Waals surface area contributed by atoms with Crippen molar-refractivity contribution in [2.24, 2.45) is 0 Å². The smallest absolute Gasteiger partial charge is 0.148 e. The maximum atomic E-state index is 5.88. The van der Waals surface area contributed by atoms with Crippen LogP contribution >= 0.6 is 0 Å². The zero-order valence-electron chi connectivity index (χ0n) is 13.8. The molecule has 1 aromatic carbocycles. The first-order valence-electron chi connectivity index (χ1n) is 6.90. The molecular weight excluding hydrogens is 248 g/mol. The molecule has 1 rings (SSSR count). The van der Waals surface area contributed by atoms with Crippen LogP contribution in [0.1, 0.15) is 52.7 Å². The Bertz CT molecular complexity index is 473. The van der Waals surface area contributed by atoms with Crippen molar-refractivity contribution >= 4 is 0 Å². The lowest BCUT2D eigenvalue weighted by molar-refractivity contribution is 0.341. The quantitative estimate of drug-likeness (QED) is 0.765. The van der Waals surface area contributed by atoms with Crippen LogP contribution in [0.2, 0.25) is 0 Å². The number of rotatable bonds is 3. The van der Waals surface area contributed by atoms with Gasteiger partial charge in [-0.2, -0.15) is 0 Å². The van der Waals surface area contributed by atoms with E-state index >= 15 is 0 Å². The molecule has 20 heavy (non-hydrogen) atoms. The van der Waals surface area contributed by atoms with Gasteiger partial charge in [-0.1, -0.05) is 47.5 Å². The average molecular weight is 274 g/mol. The predicted molar refractivity (Wildman–Crippen MR) is 84.7 cm³/mol. The SMILES string of the molecule is C#CCOc1c(C(C)(C)C)cc(OC)cc1C(C)(C)C. The summed E-state index contributed by atoms with van der Waals surface area (Å²) in [6, 6.07) is 4.09. The standard InChI is InChI=1S/C18H26O2/c1-9-10-20-16-14(17(2,3)4)11-13(19-8)12-15(16)18(5,6)7/h1,11-12H,10H2,2-8H3. The van der Waals surface area contributed by atoms with E-state index in [0.29, 0.717) is 0 Å². The normalized spacial score (nSPS) is 11.9. The van der Waals surface area contributed by atoms with Gasteiger partial charge in [0.15, 0.2) is 0 Å². The minimum atomic E-state index is -0.0432. The van der Waals surface area contributed by atoms with Gasteiger partial charge in [0.1, 0.15) is 18.1 Å². The van der Waals surface area contributed by atoms with Crippen LogP contribution in [-0.2, 0) is 10.8 Å². The summed E-state index contributed by atoms with van der Waals surface area (Å²) in [5.41, 5.74) is 2.16. The van der Waals surface area contributed by atoms with Gasteiger partial charge in [-0.15, -0.1) is 6.42 Å². The van der Waals surface area contributed by atoms with E-state index in [-0.39, 0.29) is 17.4 Å². The molecule has 2 nitrogen and oxygen atoms in total. The van der Waals surface area contributed by atoms with E-state index in [1.807, 2.05) is 12.1 Å². The van der Waals surface area contributed by atoms with Gasteiger partial charge in [0.2, 0.25) is 0 Å². The zero-order chi connectivity index (χ0) is 15.6. The van der Waals surface area contributed by atoms with Gasteiger partial charge in [-0.3, -0.25) is 0 Å². The third-order valence-corrected chi connectivity index (χ3v) is 3.21. The molecule has 0 heterocycles. The third-order valence-electron chi connectivity index (χ3n) is 3.21. The molecule has 0 unspecified atom stereocenters. The lowest BCUT2D eigenvalue weighted by atomic mass is 9.79. The van der Waals surface area contributed by atoms with Gasteiger partial charge < -0.3 is 9.47 Å². The maximum Gasteiger partial charge on any atom is 0.148 e. The van der Waals surface area contributed by atoms with Gasteiger partial charge in [0, 0.05) is 11.1 Å². The Hall–Kier alpha value is -1.62. The fourth-order valence-corrected chi connectivity index (χ4v) is 2.10. The molecule has 0 aliphatic rings. The molecule has 2 heteroatoms. The molecule has 110 valence electrons. The van der Waals surface area contributed by atoms with Crippen LogP contribution in [-0.4, -0.2) is 13.7 Å². The highest BCUT2D eigenvalue weighted by atomic mass is 16.5. The second-order valence-electron chi connectivity index (χ2n) is 7.04. The van der Waals surface area contributed by atoms with Gasteiger partial charge in [-0.25, -0.2) is 0 Å². The Balaban J connectivity index is 3.59. The highest BCUT2D eigenvalue weighted by Crippen LogP contribution is 2.42. The van der Waals surface area contributed by atoms with Crippen molar-refractivity contribution in [3.05, 3.63) is 23.3 Å². The Morgan fingerprint density at radius 2 is 1.45 bits per heavy atom. The molecule has 0 N–H and O–H groups in total. The largest absolute Gasteiger partial charge is 0.497 e. The predicted octanol–water partition coefficient (Wildman–Crippen LogP) is 4.30. The molecule has 0 atom stereocenters. The van der Waals surface area contributed by atoms with E-state index < -0.39 is 0 Å². The van der Waals surface area contributed by atoms with Crippen LogP contribution in [0.4, 0.5) is 0 Å². The van der Waals surface area contributed by atoms with Crippen molar-refractivity contribution in [1.82, 2.24) is 0 Å². The summed E-state index contributed by atoms with van der Waals surface area (Å²) in [5.74, 6) is 4.30. The molecule has 0 spiro atoms. The van der Waals surface area contributed by atoms with Crippen molar-refractivity contribution in [3.63, 3.8) is 0 Å². The second kappa shape index (κ2) is 5.79. The molecular formula is C18H26O2. The van der Waals surface area contributed by atoms with Crippen LogP contribution in [0.25, 0.3) is 0 Å². The number of methoxy groups -OCH3 is 1. The molecule has 0 saturated heterocycles. The van der Waals surface area contributed by atoms with E-state index in [0.717, 1.165) is 22.6 Å².